The molecule has 0 radical (unpaired) electrons. The fraction of sp³-hybridized carbons (Fsp3) is 0.300. The van der Waals surface area contributed by atoms with Gasteiger partial charge in [0, 0.05) is 32.0 Å². The SMILES string of the molecule is CB(O)N[C@@H](CC1(C)C(=O)OC(C)(C)OC1=O)c1cccc(-c2ccccc2)c1.CC1(C(=O)O)C[C@@H](Cc2ccc(-c3ccccc3)cc2)NC1=O.C[C@@]1(C(=O)O)C[C@@H](Cc2ccc(-c3ccccc3)cc2)NC1=O. The molecule has 5 atom stereocenters. The van der Waals surface area contributed by atoms with Gasteiger partial charge in [-0.3, -0.25) is 28.8 Å². The number of nitrogens with one attached hydrogen (secondary N) is 3. The molecule has 3 saturated heterocycles. The van der Waals surface area contributed by atoms with Gasteiger partial charge in [-0.1, -0.05) is 158 Å². The van der Waals surface area contributed by atoms with Crippen molar-refractivity contribution >= 4 is 42.7 Å². The van der Waals surface area contributed by atoms with Gasteiger partial charge >= 0.3 is 30.9 Å². The number of rotatable bonds is 14. The molecule has 75 heavy (non-hydrogen) atoms. The molecule has 9 rings (SSSR count). The number of benzene rings is 6. The molecule has 3 fully saturated rings. The maximum atomic E-state index is 12.7. The lowest BCUT2D eigenvalue weighted by Crippen LogP contribution is -2.54. The highest BCUT2D eigenvalue weighted by atomic mass is 16.7. The summed E-state index contributed by atoms with van der Waals surface area (Å²) in [7, 11) is -0.837. The molecule has 2 amide bonds. The zero-order valence-electron chi connectivity index (χ0n) is 43.0. The van der Waals surface area contributed by atoms with Crippen LogP contribution in [0.4, 0.5) is 0 Å². The molecule has 1 unspecified atom stereocenters. The Kier molecular flexibility index (Phi) is 16.9. The van der Waals surface area contributed by atoms with E-state index in [0.717, 1.165) is 50.1 Å². The summed E-state index contributed by atoms with van der Waals surface area (Å²) in [4.78, 5) is 71.7. The van der Waals surface area contributed by atoms with Gasteiger partial charge in [-0.05, 0) is 116 Å². The van der Waals surface area contributed by atoms with Crippen LogP contribution in [0, 0.1) is 16.2 Å². The number of carboxylic acid groups (broad SMARTS) is 2. The van der Waals surface area contributed by atoms with E-state index >= 15 is 0 Å². The molecule has 14 nitrogen and oxygen atoms in total. The predicted molar refractivity (Wildman–Crippen MR) is 286 cm³/mol. The summed E-state index contributed by atoms with van der Waals surface area (Å²) in [6, 6.07) is 53.5. The lowest BCUT2D eigenvalue weighted by Gasteiger charge is -2.40. The van der Waals surface area contributed by atoms with Crippen LogP contribution in [-0.2, 0) is 51.1 Å². The Bertz CT molecular complexity index is 2840. The molecule has 0 spiro atoms. The summed E-state index contributed by atoms with van der Waals surface area (Å²) in [6.07, 6.45) is 2.01. The highest BCUT2D eigenvalue weighted by Gasteiger charge is 2.54. The predicted octanol–water partition coefficient (Wildman–Crippen LogP) is 9.08. The molecular weight excluding hydrogens is 949 g/mol. The van der Waals surface area contributed by atoms with Gasteiger partial charge in [0.05, 0.1) is 0 Å². The third-order valence-electron chi connectivity index (χ3n) is 14.0. The second-order valence-electron chi connectivity index (χ2n) is 20.7. The fourth-order valence-electron chi connectivity index (χ4n) is 9.56. The number of ether oxygens (including phenoxy) is 2. The molecule has 0 bridgehead atoms. The van der Waals surface area contributed by atoms with E-state index in [1.807, 2.05) is 115 Å². The van der Waals surface area contributed by atoms with Gasteiger partial charge in [0.2, 0.25) is 11.8 Å². The van der Waals surface area contributed by atoms with Gasteiger partial charge in [0.15, 0.2) is 5.41 Å². The van der Waals surface area contributed by atoms with Crippen molar-refractivity contribution in [1.82, 2.24) is 15.9 Å². The van der Waals surface area contributed by atoms with Crippen molar-refractivity contribution in [2.45, 2.75) is 97.5 Å². The van der Waals surface area contributed by atoms with Crippen LogP contribution in [0.25, 0.3) is 33.4 Å². The van der Waals surface area contributed by atoms with Crippen LogP contribution in [0.1, 0.15) is 76.6 Å². The van der Waals surface area contributed by atoms with Gasteiger partial charge in [0.25, 0.3) is 5.79 Å². The first kappa shape index (κ1) is 54.9. The standard InChI is InChI=1S/C22H26BNO5.2C19H19NO3/c1-21(2)28-19(25)22(3,20(26)29-21)14-18(24-23(4)27)17-12-8-11-16(13-17)15-9-6-5-7-10-15;2*1-19(18(22)23)12-16(20-17(19)21)11-13-7-9-15(10-8-13)14-5-3-2-4-6-14/h5-13,18,24,27H,14H2,1-4H3;2*2-10,16H,11-12H2,1H3,(H,20,21)(H,22,23)/t18-;16-,19?;16-,19-/m011/s1. The van der Waals surface area contributed by atoms with E-state index in [4.69, 9.17) is 9.47 Å². The second-order valence-corrected chi connectivity index (χ2v) is 20.7. The summed E-state index contributed by atoms with van der Waals surface area (Å²) >= 11 is 0. The maximum absolute atomic E-state index is 12.7. The van der Waals surface area contributed by atoms with Crippen molar-refractivity contribution in [3.63, 3.8) is 0 Å². The molecule has 0 aromatic heterocycles. The van der Waals surface area contributed by atoms with E-state index in [1.54, 1.807) is 6.82 Å². The van der Waals surface area contributed by atoms with E-state index in [1.165, 1.54) is 34.6 Å². The van der Waals surface area contributed by atoms with Crippen LogP contribution in [-0.4, -0.2) is 75.8 Å². The Morgan fingerprint density at radius 1 is 0.560 bits per heavy atom. The summed E-state index contributed by atoms with van der Waals surface area (Å²) < 4.78 is 10.6. The van der Waals surface area contributed by atoms with Gasteiger partial charge in [-0.25, -0.2) is 0 Å². The number of cyclic esters (lactones) is 2. The first-order valence-corrected chi connectivity index (χ1v) is 25.0. The molecule has 6 aromatic carbocycles. The molecule has 6 N–H and O–H groups in total. The number of hydrogen-bond acceptors (Lipinski definition) is 10. The van der Waals surface area contributed by atoms with Crippen LogP contribution in [0.15, 0.2) is 164 Å². The third kappa shape index (κ3) is 13.3. The number of amides is 2. The van der Waals surface area contributed by atoms with Gasteiger partial charge in [-0.15, -0.1) is 0 Å². The minimum Gasteiger partial charge on any atom is -0.480 e. The fourth-order valence-corrected chi connectivity index (χ4v) is 9.56. The van der Waals surface area contributed by atoms with Crippen LogP contribution < -0.4 is 15.9 Å². The zero-order chi connectivity index (χ0) is 54.1. The van der Waals surface area contributed by atoms with Gasteiger partial charge in [-0.2, -0.15) is 0 Å². The minimum atomic E-state index is -1.48. The second kappa shape index (κ2) is 23.1. The Hall–Kier alpha value is -7.88. The average Bonchev–Trinajstić information content (AvgIpc) is 3.86. The van der Waals surface area contributed by atoms with Crippen molar-refractivity contribution < 1.29 is 53.5 Å². The van der Waals surface area contributed by atoms with E-state index in [0.29, 0.717) is 25.7 Å². The molecule has 0 saturated carbocycles. The van der Waals surface area contributed by atoms with Crippen molar-refractivity contribution in [1.29, 1.82) is 0 Å². The van der Waals surface area contributed by atoms with Crippen molar-refractivity contribution in [3.05, 3.63) is 180 Å². The Morgan fingerprint density at radius 2 is 0.920 bits per heavy atom. The number of hydrogen-bond donors (Lipinski definition) is 6. The molecule has 3 aliphatic rings. The van der Waals surface area contributed by atoms with Crippen molar-refractivity contribution in [2.75, 3.05) is 0 Å². The molecule has 6 aromatic rings. The molecule has 3 aliphatic heterocycles. The number of esters is 2. The van der Waals surface area contributed by atoms with Crippen LogP contribution >= 0.6 is 0 Å². The highest BCUT2D eigenvalue weighted by Crippen LogP contribution is 2.40. The zero-order valence-corrected chi connectivity index (χ0v) is 43.0. The van der Waals surface area contributed by atoms with Crippen molar-refractivity contribution in [2.24, 2.45) is 16.2 Å². The molecule has 388 valence electrons. The van der Waals surface area contributed by atoms with E-state index in [-0.39, 0.29) is 18.5 Å². The molecular formula is C60H64BN3O11. The lowest BCUT2D eigenvalue weighted by molar-refractivity contribution is -0.250. The Labute approximate surface area is 438 Å². The van der Waals surface area contributed by atoms with E-state index in [2.05, 4.69) is 64.4 Å². The number of carboxylic acids is 2. The van der Waals surface area contributed by atoms with Crippen LogP contribution in [0.3, 0.4) is 0 Å². The van der Waals surface area contributed by atoms with E-state index in [9.17, 15) is 44.0 Å². The monoisotopic (exact) mass is 1010 g/mol. The molecule has 15 heteroatoms. The third-order valence-corrected chi connectivity index (χ3v) is 14.0. The first-order chi connectivity index (χ1) is 35.6. The largest absolute Gasteiger partial charge is 0.480 e. The lowest BCUT2D eigenvalue weighted by atomic mass is 9.77. The van der Waals surface area contributed by atoms with Gasteiger partial charge in [0.1, 0.15) is 10.8 Å². The quantitative estimate of drug-likeness (QED) is 0.0342. The average molecular weight is 1010 g/mol. The summed E-state index contributed by atoms with van der Waals surface area (Å²) in [5.74, 6) is -5.44. The number of carbonyl (C=O) groups is 6. The van der Waals surface area contributed by atoms with Crippen molar-refractivity contribution in [3.8, 4) is 33.4 Å². The smallest absolute Gasteiger partial charge is 0.374 e. The van der Waals surface area contributed by atoms with Gasteiger partial charge < -0.3 is 40.6 Å². The van der Waals surface area contributed by atoms with E-state index < -0.39 is 70.8 Å². The highest BCUT2D eigenvalue weighted by molar-refractivity contribution is 6.45. The molecule has 3 heterocycles. The minimum absolute atomic E-state index is 0.0872. The summed E-state index contributed by atoms with van der Waals surface area (Å²) in [5.41, 5.74) is 5.57. The summed E-state index contributed by atoms with van der Waals surface area (Å²) in [6.45, 7) is 9.14. The first-order valence-electron chi connectivity index (χ1n) is 25.0. The Morgan fingerprint density at radius 3 is 1.28 bits per heavy atom. The van der Waals surface area contributed by atoms with Crippen LogP contribution in [0.2, 0.25) is 6.82 Å². The number of aliphatic carboxylic acids is 2. The Balaban J connectivity index is 0.000000166. The molecule has 0 aliphatic carbocycles. The normalized spacial score (nSPS) is 21.6. The van der Waals surface area contributed by atoms with Crippen LogP contribution in [0.5, 0.6) is 0 Å². The maximum Gasteiger partial charge on any atom is 0.374 e. The number of carbonyl (C=O) groups excluding carboxylic acids is 4. The summed E-state index contributed by atoms with van der Waals surface area (Å²) in [5, 5.41) is 37.1. The topological polar surface area (TPSA) is 218 Å².